The van der Waals surface area contributed by atoms with Crippen LogP contribution >= 0.6 is 0 Å². The van der Waals surface area contributed by atoms with Gasteiger partial charge in [0.05, 0.1) is 35.5 Å². The van der Waals surface area contributed by atoms with Gasteiger partial charge in [-0.05, 0) is 61.8 Å². The van der Waals surface area contributed by atoms with Gasteiger partial charge >= 0.3 is 12.1 Å². The Labute approximate surface area is 222 Å². The maximum atomic E-state index is 14.3. The van der Waals surface area contributed by atoms with E-state index in [1.165, 1.54) is 24.4 Å². The number of ether oxygens (including phenoxy) is 2. The minimum Gasteiger partial charge on any atom is -0.611 e. The minimum absolute atomic E-state index is 0.000271. The van der Waals surface area contributed by atoms with Gasteiger partial charge in [0.1, 0.15) is 0 Å². The standard InChI is InChI=1S/C28H27F3N2O4S/c1-4-36-27(34)25-22(16-38(35)18-10-6-5-7-11-18)33-21-14-15-32-26(37-17(2)3)24(21)23(25)19-12-8-9-13-20(19)28(29,30)31/h5-15,17,23,33H,4,16H2,1-3H3. The summed E-state index contributed by atoms with van der Waals surface area (Å²) >= 11 is -1.60. The van der Waals surface area contributed by atoms with E-state index in [1.807, 2.05) is 0 Å². The van der Waals surface area contributed by atoms with E-state index in [4.69, 9.17) is 9.47 Å². The Kier molecular flexibility index (Phi) is 8.32. The monoisotopic (exact) mass is 544 g/mol. The SMILES string of the molecule is CCOC(=O)C1=C(C[S+]([O-])c2ccccc2)Nc2ccnc(OC(C)C)c2C1c1ccccc1C(F)(F)F. The Hall–Kier alpha value is -3.50. The van der Waals surface area contributed by atoms with Gasteiger partial charge in [-0.2, -0.15) is 13.2 Å². The summed E-state index contributed by atoms with van der Waals surface area (Å²) < 4.78 is 67.3. The molecule has 2 unspecified atom stereocenters. The van der Waals surface area contributed by atoms with Crippen LogP contribution in [0, 0.1) is 0 Å². The van der Waals surface area contributed by atoms with Crippen LogP contribution in [0.1, 0.15) is 43.4 Å². The summed E-state index contributed by atoms with van der Waals surface area (Å²) in [6.07, 6.45) is -3.57. The molecule has 2 atom stereocenters. The second kappa shape index (κ2) is 11.5. The zero-order valence-electron chi connectivity index (χ0n) is 21.0. The van der Waals surface area contributed by atoms with Crippen LogP contribution < -0.4 is 10.1 Å². The molecule has 3 aromatic rings. The third-order valence-corrected chi connectivity index (χ3v) is 7.19. The van der Waals surface area contributed by atoms with Gasteiger partial charge in [0, 0.05) is 17.4 Å². The molecule has 0 bridgehead atoms. The molecule has 0 saturated heterocycles. The lowest BCUT2D eigenvalue weighted by Crippen LogP contribution is -2.30. The number of benzene rings is 2. The van der Waals surface area contributed by atoms with Crippen molar-refractivity contribution in [2.24, 2.45) is 0 Å². The largest absolute Gasteiger partial charge is 0.611 e. The molecule has 0 saturated carbocycles. The number of esters is 1. The van der Waals surface area contributed by atoms with Crippen molar-refractivity contribution in [3.8, 4) is 5.88 Å². The number of rotatable bonds is 8. The summed E-state index contributed by atoms with van der Waals surface area (Å²) in [6, 6.07) is 15.3. The van der Waals surface area contributed by atoms with Gasteiger partial charge in [-0.3, -0.25) is 0 Å². The van der Waals surface area contributed by atoms with E-state index in [1.54, 1.807) is 57.2 Å². The number of carbonyl (C=O) groups excluding carboxylic acids is 1. The Bertz CT molecular complexity index is 1330. The summed E-state index contributed by atoms with van der Waals surface area (Å²) in [5.41, 5.74) is -0.234. The van der Waals surface area contributed by atoms with E-state index >= 15 is 0 Å². The number of anilines is 1. The van der Waals surface area contributed by atoms with Gasteiger partial charge in [-0.1, -0.05) is 36.4 Å². The lowest BCUT2D eigenvalue weighted by atomic mass is 9.79. The summed E-state index contributed by atoms with van der Waals surface area (Å²) in [5, 5.41) is 3.14. The number of alkyl halides is 3. The zero-order valence-corrected chi connectivity index (χ0v) is 21.9. The number of nitrogens with zero attached hydrogens (tertiary/aromatic N) is 1. The highest BCUT2D eigenvalue weighted by Gasteiger charge is 2.43. The second-order valence-corrected chi connectivity index (χ2v) is 10.3. The third kappa shape index (κ3) is 5.81. The predicted octanol–water partition coefficient (Wildman–Crippen LogP) is 6.07. The van der Waals surface area contributed by atoms with Gasteiger partial charge < -0.3 is 19.3 Å². The molecule has 1 aliphatic rings. The fourth-order valence-corrected chi connectivity index (χ4v) is 5.49. The summed E-state index contributed by atoms with van der Waals surface area (Å²) in [7, 11) is 0. The van der Waals surface area contributed by atoms with Crippen molar-refractivity contribution in [1.82, 2.24) is 4.98 Å². The Balaban J connectivity index is 1.99. The van der Waals surface area contributed by atoms with Crippen LogP contribution in [-0.4, -0.2) is 34.0 Å². The molecule has 10 heteroatoms. The van der Waals surface area contributed by atoms with E-state index in [-0.39, 0.29) is 46.7 Å². The lowest BCUT2D eigenvalue weighted by molar-refractivity contribution is -0.140. The molecule has 0 spiro atoms. The van der Waals surface area contributed by atoms with Crippen molar-refractivity contribution in [2.75, 3.05) is 17.7 Å². The number of nitrogens with one attached hydrogen (secondary N) is 1. The molecular weight excluding hydrogens is 517 g/mol. The van der Waals surface area contributed by atoms with Crippen LogP contribution in [0.5, 0.6) is 5.88 Å². The van der Waals surface area contributed by atoms with Crippen LogP contribution in [0.3, 0.4) is 0 Å². The van der Waals surface area contributed by atoms with Gasteiger partial charge in [-0.15, -0.1) is 0 Å². The zero-order chi connectivity index (χ0) is 27.4. The molecule has 4 rings (SSSR count). The minimum atomic E-state index is -4.70. The predicted molar refractivity (Wildman–Crippen MR) is 138 cm³/mol. The maximum absolute atomic E-state index is 14.3. The summed E-state index contributed by atoms with van der Waals surface area (Å²) in [5.74, 6) is -2.11. The molecule has 1 aliphatic heterocycles. The normalized spacial score (nSPS) is 16.1. The molecule has 38 heavy (non-hydrogen) atoms. The van der Waals surface area contributed by atoms with Crippen molar-refractivity contribution in [1.29, 1.82) is 0 Å². The molecule has 1 N–H and O–H groups in total. The molecule has 2 heterocycles. The first kappa shape index (κ1) is 27.5. The Morgan fingerprint density at radius 1 is 1.11 bits per heavy atom. The van der Waals surface area contributed by atoms with Crippen LogP contribution in [0.4, 0.5) is 18.9 Å². The highest BCUT2D eigenvalue weighted by Crippen LogP contribution is 2.49. The Morgan fingerprint density at radius 3 is 2.45 bits per heavy atom. The highest BCUT2D eigenvalue weighted by molar-refractivity contribution is 7.91. The highest BCUT2D eigenvalue weighted by atomic mass is 32.2. The third-order valence-electron chi connectivity index (χ3n) is 5.84. The molecule has 6 nitrogen and oxygen atoms in total. The molecule has 200 valence electrons. The van der Waals surface area contributed by atoms with Crippen molar-refractivity contribution in [3.63, 3.8) is 0 Å². The lowest BCUT2D eigenvalue weighted by Gasteiger charge is -2.33. The van der Waals surface area contributed by atoms with Crippen molar-refractivity contribution >= 4 is 22.8 Å². The van der Waals surface area contributed by atoms with E-state index in [0.717, 1.165) is 6.07 Å². The quantitative estimate of drug-likeness (QED) is 0.274. The molecular formula is C28H27F3N2O4S. The topological polar surface area (TPSA) is 83.5 Å². The number of aromatic nitrogens is 1. The van der Waals surface area contributed by atoms with Crippen LogP contribution in [0.2, 0.25) is 0 Å². The van der Waals surface area contributed by atoms with E-state index in [9.17, 15) is 22.5 Å². The average Bonchev–Trinajstić information content (AvgIpc) is 2.88. The first-order valence-corrected chi connectivity index (χ1v) is 13.4. The van der Waals surface area contributed by atoms with E-state index in [0.29, 0.717) is 10.6 Å². The second-order valence-electron chi connectivity index (χ2n) is 8.80. The fourth-order valence-electron chi connectivity index (χ4n) is 4.38. The molecule has 0 amide bonds. The van der Waals surface area contributed by atoms with Crippen LogP contribution in [-0.2, 0) is 26.9 Å². The smallest absolute Gasteiger partial charge is 0.416 e. The maximum Gasteiger partial charge on any atom is 0.416 e. The van der Waals surface area contributed by atoms with Crippen molar-refractivity contribution < 1.29 is 32.0 Å². The van der Waals surface area contributed by atoms with E-state index < -0.39 is 34.8 Å². The summed E-state index contributed by atoms with van der Waals surface area (Å²) in [6.45, 7) is 5.15. The van der Waals surface area contributed by atoms with Crippen molar-refractivity contribution in [3.05, 3.63) is 94.8 Å². The number of hydrogen-bond acceptors (Lipinski definition) is 6. The molecule has 0 aliphatic carbocycles. The average molecular weight is 545 g/mol. The van der Waals surface area contributed by atoms with Crippen LogP contribution in [0.15, 0.2) is 83.0 Å². The molecule has 0 radical (unpaired) electrons. The number of hydrogen-bond donors (Lipinski definition) is 1. The van der Waals surface area contributed by atoms with Gasteiger partial charge in [0.25, 0.3) is 0 Å². The van der Waals surface area contributed by atoms with E-state index in [2.05, 4.69) is 10.3 Å². The van der Waals surface area contributed by atoms with Crippen molar-refractivity contribution in [2.45, 2.75) is 43.9 Å². The van der Waals surface area contributed by atoms with Gasteiger partial charge in [0.2, 0.25) is 5.88 Å². The number of carbonyl (C=O) groups is 1. The van der Waals surface area contributed by atoms with Gasteiger partial charge in [-0.25, -0.2) is 9.78 Å². The number of fused-ring (bicyclic) bond motifs is 1. The number of pyridine rings is 1. The molecule has 2 aromatic carbocycles. The van der Waals surface area contributed by atoms with Gasteiger partial charge in [0.15, 0.2) is 10.6 Å². The Morgan fingerprint density at radius 2 is 1.79 bits per heavy atom. The first-order valence-electron chi connectivity index (χ1n) is 12.0. The van der Waals surface area contributed by atoms with Crippen LogP contribution in [0.25, 0.3) is 0 Å². The first-order chi connectivity index (χ1) is 18.1. The molecule has 1 aromatic heterocycles. The number of halogens is 3. The molecule has 0 fully saturated rings. The summed E-state index contributed by atoms with van der Waals surface area (Å²) in [4.78, 5) is 18.3. The fraction of sp³-hybridized carbons (Fsp3) is 0.286.